The summed E-state index contributed by atoms with van der Waals surface area (Å²) in [5, 5.41) is 0. The quantitative estimate of drug-likeness (QED) is 0.0400. The molecule has 28 heteroatoms. The number of hydrogen-bond donors (Lipinski definition) is 0. The monoisotopic (exact) mass is 2000 g/mol. The van der Waals surface area contributed by atoms with E-state index in [-0.39, 0.29) is 44.5 Å². The highest BCUT2D eigenvalue weighted by Gasteiger charge is 2.39. The van der Waals surface area contributed by atoms with Gasteiger partial charge >= 0.3 is 25.4 Å². The van der Waals surface area contributed by atoms with Gasteiger partial charge in [0, 0.05) is 22.3 Å². The van der Waals surface area contributed by atoms with Gasteiger partial charge < -0.3 is 18.9 Å². The van der Waals surface area contributed by atoms with Crippen LogP contribution in [0.4, 0.5) is 105 Å². The summed E-state index contributed by atoms with van der Waals surface area (Å²) in [6, 6.07) is 53.8. The van der Waals surface area contributed by atoms with E-state index < -0.39 is 118 Å². The summed E-state index contributed by atoms with van der Waals surface area (Å²) in [4.78, 5) is 0. The molecule has 12 aromatic rings. The second-order valence-electron chi connectivity index (χ2n) is 37.2. The summed E-state index contributed by atoms with van der Waals surface area (Å²) in [6.07, 6.45) is 11.2. The van der Waals surface area contributed by atoms with Gasteiger partial charge in [-0.25, -0.2) is 52.7 Å². The Morgan fingerprint density at radius 1 is 0.197 bits per heavy atom. The zero-order valence-corrected chi connectivity index (χ0v) is 78.5. The molecule has 16 rings (SSSR count). The number of benzene rings is 12. The minimum absolute atomic E-state index is 0.132. The summed E-state index contributed by atoms with van der Waals surface area (Å²) < 4.78 is 334. The lowest BCUT2D eigenvalue weighted by Crippen LogP contribution is -2.19. The Labute approximate surface area is 810 Å². The first-order valence-electron chi connectivity index (χ1n) is 48.2. The molecule has 0 bridgehead atoms. The Bertz CT molecular complexity index is 6080. The highest BCUT2D eigenvalue weighted by Crippen LogP contribution is 2.47. The van der Waals surface area contributed by atoms with Crippen molar-refractivity contribution in [1.29, 1.82) is 0 Å². The van der Waals surface area contributed by atoms with E-state index in [9.17, 15) is 105 Å². The normalized spacial score (nSPS) is 18.4. The van der Waals surface area contributed by atoms with Crippen LogP contribution in [0, 0.1) is 93.5 Å². The number of hydrogen-bond acceptors (Lipinski definition) is 4. The Hall–Kier alpha value is -11.8. The third-order valence-electron chi connectivity index (χ3n) is 27.7. The first-order valence-corrected chi connectivity index (χ1v) is 48.2. The molecule has 4 saturated carbocycles. The molecular formula is C114H108F24O4. The van der Waals surface area contributed by atoms with Gasteiger partial charge in [-0.2, -0.15) is 0 Å². The van der Waals surface area contributed by atoms with Crippen molar-refractivity contribution in [2.45, 2.75) is 244 Å². The molecule has 0 unspecified atom stereocenters. The van der Waals surface area contributed by atoms with Gasteiger partial charge in [-0.3, -0.25) is 0 Å². The van der Waals surface area contributed by atoms with E-state index in [1.54, 1.807) is 24.3 Å². The van der Waals surface area contributed by atoms with Crippen molar-refractivity contribution >= 4 is 0 Å². The van der Waals surface area contributed by atoms with Crippen molar-refractivity contribution in [3.8, 4) is 112 Å². The van der Waals surface area contributed by atoms with E-state index in [4.69, 9.17) is 0 Å². The second-order valence-corrected chi connectivity index (χ2v) is 37.2. The lowest BCUT2D eigenvalue weighted by atomic mass is 9.77. The highest BCUT2D eigenvalue weighted by molar-refractivity contribution is 5.76. The molecule has 142 heavy (non-hydrogen) atoms. The van der Waals surface area contributed by atoms with Crippen molar-refractivity contribution in [2.75, 3.05) is 0 Å². The maximum Gasteiger partial charge on any atom is 0.573 e. The molecule has 0 heterocycles. The maximum absolute atomic E-state index is 14.9. The molecule has 0 spiro atoms. The van der Waals surface area contributed by atoms with Gasteiger partial charge in [-0.1, -0.05) is 237 Å². The number of alkyl halides is 12. The summed E-state index contributed by atoms with van der Waals surface area (Å²) in [5.74, 6) is -16.4. The van der Waals surface area contributed by atoms with Crippen LogP contribution >= 0.6 is 0 Å². The van der Waals surface area contributed by atoms with E-state index in [0.717, 1.165) is 45.9 Å². The molecule has 0 radical (unpaired) electrons. The van der Waals surface area contributed by atoms with Gasteiger partial charge in [0.05, 0.1) is 0 Å². The van der Waals surface area contributed by atoms with E-state index >= 15 is 0 Å². The Balaban J connectivity index is 0.000000159. The molecule has 0 saturated heterocycles. The number of halogens is 24. The van der Waals surface area contributed by atoms with Crippen LogP contribution in [0.1, 0.15) is 241 Å². The molecule has 4 aliphatic carbocycles. The van der Waals surface area contributed by atoms with Gasteiger partial charge in [0.15, 0.2) is 46.5 Å². The second kappa shape index (κ2) is 48.0. The van der Waals surface area contributed by atoms with Gasteiger partial charge in [0.25, 0.3) is 0 Å². The van der Waals surface area contributed by atoms with Gasteiger partial charge in [0.2, 0.25) is 23.0 Å². The predicted octanol–water partition coefficient (Wildman–Crippen LogP) is 38.4. The first-order chi connectivity index (χ1) is 67.6. The summed E-state index contributed by atoms with van der Waals surface area (Å²) in [7, 11) is 0. The van der Waals surface area contributed by atoms with Gasteiger partial charge in [-0.15, -0.1) is 52.7 Å². The van der Waals surface area contributed by atoms with Crippen LogP contribution < -0.4 is 18.9 Å². The molecule has 4 nitrogen and oxygen atoms in total. The van der Waals surface area contributed by atoms with Crippen LogP contribution in [-0.4, -0.2) is 25.4 Å². The van der Waals surface area contributed by atoms with E-state index in [1.807, 2.05) is 48.5 Å². The molecule has 0 aliphatic heterocycles. The smallest absolute Gasteiger partial charge is 0.399 e. The highest BCUT2D eigenvalue weighted by atomic mass is 19.4. The van der Waals surface area contributed by atoms with Crippen LogP contribution in [0.5, 0.6) is 23.0 Å². The van der Waals surface area contributed by atoms with E-state index in [1.165, 1.54) is 238 Å². The van der Waals surface area contributed by atoms with Crippen molar-refractivity contribution in [3.63, 3.8) is 0 Å². The predicted molar refractivity (Wildman–Crippen MR) is 503 cm³/mol. The van der Waals surface area contributed by atoms with Gasteiger partial charge in [0.1, 0.15) is 23.3 Å². The number of rotatable bonds is 26. The largest absolute Gasteiger partial charge is 0.573 e. The fourth-order valence-corrected chi connectivity index (χ4v) is 20.1. The Morgan fingerprint density at radius 3 is 0.577 bits per heavy atom. The Morgan fingerprint density at radius 2 is 0.387 bits per heavy atom. The van der Waals surface area contributed by atoms with Crippen LogP contribution in [0.25, 0.3) is 89.0 Å². The molecular weight excluding hydrogens is 1890 g/mol. The van der Waals surface area contributed by atoms with Crippen LogP contribution in [0.15, 0.2) is 218 Å². The zero-order chi connectivity index (χ0) is 102. The minimum Gasteiger partial charge on any atom is -0.399 e. The topological polar surface area (TPSA) is 36.9 Å². The molecule has 12 aromatic carbocycles. The average molecular weight is 2000 g/mol. The summed E-state index contributed by atoms with van der Waals surface area (Å²) in [5.41, 5.74) is 9.18. The lowest BCUT2D eigenvalue weighted by Gasteiger charge is -2.29. The maximum atomic E-state index is 14.9. The fraction of sp³-hybridized carbons (Fsp3) is 0.368. The summed E-state index contributed by atoms with van der Waals surface area (Å²) in [6.45, 7) is 8.90. The van der Waals surface area contributed by atoms with Crippen molar-refractivity contribution in [3.05, 3.63) is 310 Å². The SMILES string of the molecule is CCC1CCC(c2ccc(-c3ccc(-c4cc(F)c(OC(F)(F)F)c(F)c4)c(F)c3)cc2)CC1.CCCC1CCC(c2ccc(-c3ccc(-c4cc(F)c(OC(F)(F)F)c(F)c4)c(F)c3)cc2)CC1.CCCCC1CCC(c2ccc(-c3ccc(-c4cc(F)c(OC(F)(F)F)c(F)c4)c(F)c3)cc2)CC1.CCCCCC1CCC(c2ccc(-c3ccc(-c4cc(F)c(OC(F)(F)F)c(F)c4)c(F)c3)cc2)CC1. The minimum atomic E-state index is -5.25. The van der Waals surface area contributed by atoms with E-state index in [2.05, 4.69) is 95.2 Å². The zero-order valence-electron chi connectivity index (χ0n) is 78.5. The third kappa shape index (κ3) is 29.3. The lowest BCUT2D eigenvalue weighted by molar-refractivity contribution is -0.277. The van der Waals surface area contributed by atoms with Crippen LogP contribution in [-0.2, 0) is 0 Å². The molecule has 756 valence electrons. The number of unbranched alkanes of at least 4 members (excludes halogenated alkanes) is 3. The molecule has 0 amide bonds. The van der Waals surface area contributed by atoms with E-state index in [0.29, 0.717) is 94.5 Å². The molecule has 0 N–H and O–H groups in total. The molecule has 0 aromatic heterocycles. The van der Waals surface area contributed by atoms with Crippen molar-refractivity contribution < 1.29 is 124 Å². The van der Waals surface area contributed by atoms with Crippen LogP contribution in [0.2, 0.25) is 0 Å². The summed E-state index contributed by atoms with van der Waals surface area (Å²) >= 11 is 0. The molecule has 0 atom stereocenters. The number of ether oxygens (including phenoxy) is 4. The standard InChI is InChI=1S/C30H30F6O.C29H28F6O.C28H26F6O.C27H24F6O/c1-2-3-4-5-19-6-8-20(9-7-19)21-10-12-22(13-11-21)23-14-15-25(26(31)16-23)24-17-27(32)29(28(33)18-24)37-30(34,35)36;1-2-3-4-18-5-7-19(8-6-18)20-9-11-21(12-10-20)22-13-14-24(25(30)15-22)23-16-26(31)28(27(32)17-23)36-29(33,34)35;1-2-3-17-4-6-18(7-5-17)19-8-10-20(11-9-19)21-12-13-23(24(29)14-21)22-15-25(30)27(26(31)16-22)35-28(32,33)34;1-2-16-3-5-17(6-4-16)18-7-9-19(10-8-18)20-11-12-22(23(28)13-20)21-14-24(29)26(25(30)15-21)34-27(31,32)33/h10-20H,2-9H2,1H3;9-19H,2-8H2,1H3;8-18H,2-7H2,1H3;7-17H,2-6H2,1H3. The van der Waals surface area contributed by atoms with Crippen LogP contribution in [0.3, 0.4) is 0 Å². The fourth-order valence-electron chi connectivity index (χ4n) is 20.1. The average Bonchev–Trinajstić information content (AvgIpc) is 0.805. The van der Waals surface area contributed by atoms with Crippen molar-refractivity contribution in [2.24, 2.45) is 23.7 Å². The Kier molecular flexibility index (Phi) is 36.3. The van der Waals surface area contributed by atoms with Crippen molar-refractivity contribution in [1.82, 2.24) is 0 Å². The third-order valence-corrected chi connectivity index (χ3v) is 27.7. The first kappa shape index (κ1) is 107. The molecule has 4 fully saturated rings. The van der Waals surface area contributed by atoms with Gasteiger partial charge in [-0.05, 0) is 312 Å². The molecule has 4 aliphatic rings.